The standard InChI is InChI=1S/C11H18BFN2O2/c1-8(13)15-7-9(6-14)12-16-10(2,3)11(4,5)17-12/h6-7,14-15H,1H2,2-5H3/b9-7+,14-6?. The van der Waals surface area contributed by atoms with Crippen LogP contribution in [0.1, 0.15) is 27.7 Å². The van der Waals surface area contributed by atoms with Crippen molar-refractivity contribution in [2.45, 2.75) is 38.9 Å². The zero-order valence-electron chi connectivity index (χ0n) is 10.6. The van der Waals surface area contributed by atoms with Crippen molar-refractivity contribution in [2.24, 2.45) is 0 Å². The average Bonchev–Trinajstić information content (AvgIpc) is 2.36. The van der Waals surface area contributed by atoms with Crippen LogP contribution in [-0.4, -0.2) is 24.5 Å². The average molecular weight is 240 g/mol. The minimum atomic E-state index is -0.694. The topological polar surface area (TPSA) is 54.3 Å². The third-order valence-corrected chi connectivity index (χ3v) is 3.09. The first-order valence-electron chi connectivity index (χ1n) is 5.37. The van der Waals surface area contributed by atoms with Gasteiger partial charge in [-0.05, 0) is 34.3 Å². The van der Waals surface area contributed by atoms with Crippen LogP contribution in [0.3, 0.4) is 0 Å². The lowest BCUT2D eigenvalue weighted by Crippen LogP contribution is -2.41. The molecule has 6 heteroatoms. The van der Waals surface area contributed by atoms with Gasteiger partial charge in [-0.15, -0.1) is 0 Å². The molecule has 1 heterocycles. The summed E-state index contributed by atoms with van der Waals surface area (Å²) in [7, 11) is -0.677. The van der Waals surface area contributed by atoms with Gasteiger partial charge in [-0.25, -0.2) is 0 Å². The molecule has 94 valence electrons. The molecule has 1 fully saturated rings. The van der Waals surface area contributed by atoms with Crippen molar-refractivity contribution < 1.29 is 13.7 Å². The van der Waals surface area contributed by atoms with Gasteiger partial charge in [0.25, 0.3) is 0 Å². The van der Waals surface area contributed by atoms with E-state index in [0.29, 0.717) is 5.47 Å². The van der Waals surface area contributed by atoms with Crippen molar-refractivity contribution in [2.75, 3.05) is 0 Å². The Morgan fingerprint density at radius 3 is 2.12 bits per heavy atom. The molecule has 1 rings (SSSR count). The number of halogens is 1. The molecule has 0 aromatic carbocycles. The molecule has 0 radical (unpaired) electrons. The van der Waals surface area contributed by atoms with E-state index in [0.717, 1.165) is 6.21 Å². The summed E-state index contributed by atoms with van der Waals surface area (Å²) in [6, 6.07) is 0. The van der Waals surface area contributed by atoms with Crippen molar-refractivity contribution in [3.63, 3.8) is 0 Å². The predicted molar refractivity (Wildman–Crippen MR) is 66.3 cm³/mol. The quantitative estimate of drug-likeness (QED) is 0.450. The van der Waals surface area contributed by atoms with Crippen molar-refractivity contribution in [1.29, 1.82) is 5.41 Å². The first-order chi connectivity index (χ1) is 7.69. The minimum Gasteiger partial charge on any atom is -0.399 e. The first kappa shape index (κ1) is 13.9. The molecule has 4 nitrogen and oxygen atoms in total. The van der Waals surface area contributed by atoms with Crippen molar-refractivity contribution in [1.82, 2.24) is 5.32 Å². The molecule has 0 spiro atoms. The van der Waals surface area contributed by atoms with Crippen molar-refractivity contribution in [3.8, 4) is 0 Å². The highest BCUT2D eigenvalue weighted by Crippen LogP contribution is 2.38. The zero-order chi connectivity index (χ0) is 13.3. The van der Waals surface area contributed by atoms with Crippen molar-refractivity contribution >= 4 is 13.3 Å². The Labute approximate surface area is 102 Å². The molecule has 1 aliphatic heterocycles. The van der Waals surface area contributed by atoms with Gasteiger partial charge in [-0.1, -0.05) is 0 Å². The second-order valence-electron chi connectivity index (χ2n) is 4.93. The largest absolute Gasteiger partial charge is 0.497 e. The van der Waals surface area contributed by atoms with Gasteiger partial charge in [-0.3, -0.25) is 0 Å². The van der Waals surface area contributed by atoms with Crippen LogP contribution in [0.25, 0.3) is 0 Å². The summed E-state index contributed by atoms with van der Waals surface area (Å²) >= 11 is 0. The van der Waals surface area contributed by atoms with E-state index < -0.39 is 24.3 Å². The third kappa shape index (κ3) is 2.95. The lowest BCUT2D eigenvalue weighted by Gasteiger charge is -2.32. The van der Waals surface area contributed by atoms with Gasteiger partial charge in [0.15, 0.2) is 5.95 Å². The molecule has 1 aliphatic rings. The Morgan fingerprint density at radius 2 is 1.76 bits per heavy atom. The fourth-order valence-corrected chi connectivity index (χ4v) is 1.32. The lowest BCUT2D eigenvalue weighted by atomic mass is 9.79. The first-order valence-corrected chi connectivity index (χ1v) is 5.37. The van der Waals surface area contributed by atoms with Crippen LogP contribution >= 0.6 is 0 Å². The van der Waals surface area contributed by atoms with E-state index in [1.165, 1.54) is 6.20 Å². The summed E-state index contributed by atoms with van der Waals surface area (Å²) in [4.78, 5) is 0. The van der Waals surface area contributed by atoms with E-state index >= 15 is 0 Å². The Morgan fingerprint density at radius 1 is 1.29 bits per heavy atom. The molecule has 0 aromatic rings. The number of rotatable bonds is 4. The summed E-state index contributed by atoms with van der Waals surface area (Å²) in [5.41, 5.74) is -0.554. The summed E-state index contributed by atoms with van der Waals surface area (Å²) in [5.74, 6) is -0.694. The molecule has 0 atom stereocenters. The highest BCUT2D eigenvalue weighted by atomic mass is 19.1. The molecule has 0 saturated carbocycles. The summed E-state index contributed by atoms with van der Waals surface area (Å²) in [6.07, 6.45) is 2.38. The smallest absolute Gasteiger partial charge is 0.399 e. The van der Waals surface area contributed by atoms with Gasteiger partial charge in [0, 0.05) is 17.9 Å². The number of allylic oxidation sites excluding steroid dienone is 1. The van der Waals surface area contributed by atoms with Crippen LogP contribution in [0, 0.1) is 5.41 Å². The molecule has 0 aliphatic carbocycles. The SMILES string of the molecule is C=C(F)N/C=C(\C=N)B1OC(C)(C)C(C)(C)O1. The molecule has 17 heavy (non-hydrogen) atoms. The van der Waals surface area contributed by atoms with E-state index in [1.807, 2.05) is 27.7 Å². The van der Waals surface area contributed by atoms with Gasteiger partial charge >= 0.3 is 7.12 Å². The van der Waals surface area contributed by atoms with Gasteiger partial charge in [-0.2, -0.15) is 4.39 Å². The Hall–Kier alpha value is -1.14. The summed E-state index contributed by atoms with van der Waals surface area (Å²) in [5, 5.41) is 9.58. The van der Waals surface area contributed by atoms with Crippen LogP contribution in [-0.2, 0) is 9.31 Å². The number of nitrogens with one attached hydrogen (secondary N) is 2. The van der Waals surface area contributed by atoms with Crippen LogP contribution in [0.2, 0.25) is 0 Å². The van der Waals surface area contributed by atoms with Gasteiger partial charge in [0.05, 0.1) is 11.2 Å². The van der Waals surface area contributed by atoms with Gasteiger partial charge in [0.2, 0.25) is 0 Å². The van der Waals surface area contributed by atoms with Gasteiger partial charge in [0.1, 0.15) is 0 Å². The molecule has 1 saturated heterocycles. The Balaban J connectivity index is 2.85. The third-order valence-electron chi connectivity index (χ3n) is 3.09. The molecule has 2 N–H and O–H groups in total. The van der Waals surface area contributed by atoms with Crippen molar-refractivity contribution in [3.05, 3.63) is 24.2 Å². The zero-order valence-corrected chi connectivity index (χ0v) is 10.6. The highest BCUT2D eigenvalue weighted by molar-refractivity contribution is 6.60. The van der Waals surface area contributed by atoms with Crippen LogP contribution in [0.15, 0.2) is 24.2 Å². The Kier molecular flexibility index (Phi) is 3.79. The van der Waals surface area contributed by atoms with E-state index in [-0.39, 0.29) is 0 Å². The lowest BCUT2D eigenvalue weighted by molar-refractivity contribution is 0.00578. The van der Waals surface area contributed by atoms with E-state index in [9.17, 15) is 4.39 Å². The van der Waals surface area contributed by atoms with Crippen LogP contribution < -0.4 is 5.32 Å². The predicted octanol–water partition coefficient (Wildman–Crippen LogP) is 2.18. The number of hydrogen-bond acceptors (Lipinski definition) is 4. The van der Waals surface area contributed by atoms with E-state index in [1.54, 1.807) is 0 Å². The summed E-state index contributed by atoms with van der Waals surface area (Å²) in [6.45, 7) is 10.7. The Bertz CT molecular complexity index is 350. The maximum Gasteiger partial charge on any atom is 0.497 e. The van der Waals surface area contributed by atoms with E-state index in [4.69, 9.17) is 14.7 Å². The second-order valence-corrected chi connectivity index (χ2v) is 4.93. The molecule has 0 aromatic heterocycles. The highest BCUT2D eigenvalue weighted by Gasteiger charge is 2.52. The minimum absolute atomic E-state index is 0.405. The normalized spacial score (nSPS) is 22.4. The molecule has 0 unspecified atom stereocenters. The molecular formula is C11H18BFN2O2. The maximum absolute atomic E-state index is 12.5. The second kappa shape index (κ2) is 4.62. The fourth-order valence-electron chi connectivity index (χ4n) is 1.32. The monoisotopic (exact) mass is 240 g/mol. The number of hydrogen-bond donors (Lipinski definition) is 2. The van der Waals surface area contributed by atoms with Gasteiger partial charge < -0.3 is 20.0 Å². The van der Waals surface area contributed by atoms with E-state index in [2.05, 4.69) is 11.9 Å². The van der Waals surface area contributed by atoms with Crippen LogP contribution in [0.4, 0.5) is 4.39 Å². The molecular weight excluding hydrogens is 222 g/mol. The maximum atomic E-state index is 12.5. The molecule has 0 amide bonds. The van der Waals surface area contributed by atoms with Crippen LogP contribution in [0.5, 0.6) is 0 Å². The fraction of sp³-hybridized carbons (Fsp3) is 0.545. The molecule has 0 bridgehead atoms. The summed E-state index contributed by atoms with van der Waals surface area (Å²) < 4.78 is 23.9.